The molecule has 2 N–H and O–H groups in total. The van der Waals surface area contributed by atoms with Gasteiger partial charge in [0.1, 0.15) is 5.82 Å². The summed E-state index contributed by atoms with van der Waals surface area (Å²) in [5.74, 6) is 0.633. The van der Waals surface area contributed by atoms with Gasteiger partial charge in [-0.15, -0.1) is 23.5 Å². The lowest BCUT2D eigenvalue weighted by Gasteiger charge is -2.40. The molecule has 0 bridgehead atoms. The predicted molar refractivity (Wildman–Crippen MR) is 140 cm³/mol. The number of carbonyl (C=O) groups excluding carboxylic acids is 2. The first-order valence-corrected chi connectivity index (χ1v) is 12.7. The number of rotatable bonds is 5. The maximum atomic E-state index is 13.4. The Labute approximate surface area is 206 Å². The van der Waals surface area contributed by atoms with Crippen LogP contribution in [-0.2, 0) is 4.79 Å². The van der Waals surface area contributed by atoms with E-state index in [0.717, 1.165) is 15.5 Å². The third kappa shape index (κ3) is 5.03. The zero-order valence-electron chi connectivity index (χ0n) is 18.1. The summed E-state index contributed by atoms with van der Waals surface area (Å²) in [6, 6.07) is 20.7. The molecule has 2 aliphatic rings. The molecule has 0 radical (unpaired) electrons. The molecule has 0 saturated heterocycles. The van der Waals surface area contributed by atoms with Crippen molar-refractivity contribution in [1.82, 2.24) is 4.98 Å². The van der Waals surface area contributed by atoms with Crippen molar-refractivity contribution < 1.29 is 9.59 Å². The normalized spacial score (nSPS) is 18.1. The number of nitrogens with one attached hydrogen (secondary N) is 2. The van der Waals surface area contributed by atoms with Crippen LogP contribution in [0.25, 0.3) is 0 Å². The van der Waals surface area contributed by atoms with Crippen LogP contribution in [-0.4, -0.2) is 34.0 Å². The highest BCUT2D eigenvalue weighted by Gasteiger charge is 2.36. The lowest BCUT2D eigenvalue weighted by molar-refractivity contribution is -0.113. The number of benzene rings is 2. The molecule has 0 saturated carbocycles. The SMILES string of the molecule is O=C(CSc1cccc(NC(=O)N2c3ccccc3SC3C=CC=CC32)c1)Nc1ccccn1. The molecule has 8 heteroatoms. The molecule has 3 aromatic rings. The largest absolute Gasteiger partial charge is 0.326 e. The minimum Gasteiger partial charge on any atom is -0.310 e. The van der Waals surface area contributed by atoms with Crippen LogP contribution in [0.5, 0.6) is 0 Å². The summed E-state index contributed by atoms with van der Waals surface area (Å²) in [6.07, 6.45) is 9.86. The second-order valence-electron chi connectivity index (χ2n) is 7.69. The maximum Gasteiger partial charge on any atom is 0.326 e. The number of fused-ring (bicyclic) bond motifs is 2. The number of thioether (sulfide) groups is 2. The standard InChI is InChI=1S/C26H22N4O2S2/c31-25(29-24-14-5-6-15-27-24)17-33-19-9-7-8-18(16-19)28-26(32)30-20-10-1-3-12-22(20)34-23-13-4-2-11-21(23)30/h1-16,20,22H,17H2,(H,28,32)(H,27,29,31). The number of amides is 3. The zero-order valence-corrected chi connectivity index (χ0v) is 19.8. The van der Waals surface area contributed by atoms with Crippen LogP contribution in [0.2, 0.25) is 0 Å². The maximum absolute atomic E-state index is 13.4. The topological polar surface area (TPSA) is 74.3 Å². The van der Waals surface area contributed by atoms with Crippen LogP contribution < -0.4 is 15.5 Å². The summed E-state index contributed by atoms with van der Waals surface area (Å²) in [4.78, 5) is 33.6. The van der Waals surface area contributed by atoms with Crippen LogP contribution in [0.4, 0.5) is 22.0 Å². The van der Waals surface area contributed by atoms with Crippen molar-refractivity contribution in [1.29, 1.82) is 0 Å². The van der Waals surface area contributed by atoms with E-state index < -0.39 is 0 Å². The Hall–Kier alpha value is -3.49. The lowest BCUT2D eigenvalue weighted by Crippen LogP contribution is -2.49. The summed E-state index contributed by atoms with van der Waals surface area (Å²) < 4.78 is 0. The van der Waals surface area contributed by atoms with Crippen molar-refractivity contribution in [2.75, 3.05) is 21.3 Å². The summed E-state index contributed by atoms with van der Waals surface area (Å²) in [7, 11) is 0. The van der Waals surface area contributed by atoms with Crippen molar-refractivity contribution in [3.63, 3.8) is 0 Å². The minimum absolute atomic E-state index is 0.0576. The molecular weight excluding hydrogens is 464 g/mol. The van der Waals surface area contributed by atoms with Gasteiger partial charge in [0, 0.05) is 21.7 Å². The van der Waals surface area contributed by atoms with Crippen molar-refractivity contribution >= 4 is 52.7 Å². The van der Waals surface area contributed by atoms with Crippen molar-refractivity contribution in [3.05, 3.63) is 97.2 Å². The van der Waals surface area contributed by atoms with Crippen LogP contribution in [0.15, 0.2) is 107 Å². The third-order valence-corrected chi connectivity index (χ3v) is 7.65. The molecular formula is C26H22N4O2S2. The van der Waals surface area contributed by atoms with E-state index in [1.807, 2.05) is 65.6 Å². The minimum atomic E-state index is -0.183. The van der Waals surface area contributed by atoms with E-state index >= 15 is 0 Å². The molecule has 34 heavy (non-hydrogen) atoms. The number of pyridine rings is 1. The molecule has 1 aliphatic carbocycles. The first-order chi connectivity index (χ1) is 16.7. The Bertz CT molecular complexity index is 1260. The van der Waals surface area contributed by atoms with Gasteiger partial charge in [-0.2, -0.15) is 0 Å². The van der Waals surface area contributed by atoms with E-state index in [9.17, 15) is 9.59 Å². The van der Waals surface area contributed by atoms with Crippen molar-refractivity contribution in [3.8, 4) is 0 Å². The Balaban J connectivity index is 1.27. The molecule has 2 aromatic carbocycles. The summed E-state index contributed by atoms with van der Waals surface area (Å²) in [5.41, 5.74) is 1.59. The second kappa shape index (κ2) is 10.2. The van der Waals surface area contributed by atoms with Gasteiger partial charge in [0.25, 0.3) is 0 Å². The molecule has 2 heterocycles. The highest BCUT2D eigenvalue weighted by Crippen LogP contribution is 2.43. The smallest absolute Gasteiger partial charge is 0.310 e. The fourth-order valence-corrected chi connectivity index (χ4v) is 5.85. The zero-order chi connectivity index (χ0) is 23.3. The number of carbonyl (C=O) groups is 2. The molecule has 0 fully saturated rings. The van der Waals surface area contributed by atoms with Crippen LogP contribution in [0, 0.1) is 0 Å². The first kappa shape index (κ1) is 22.3. The van der Waals surface area contributed by atoms with E-state index in [4.69, 9.17) is 0 Å². The van der Waals surface area contributed by atoms with Crippen LogP contribution in [0.1, 0.15) is 0 Å². The van der Waals surface area contributed by atoms with Gasteiger partial charge in [-0.05, 0) is 42.5 Å². The highest BCUT2D eigenvalue weighted by atomic mass is 32.2. The van der Waals surface area contributed by atoms with E-state index in [1.165, 1.54) is 11.8 Å². The van der Waals surface area contributed by atoms with Gasteiger partial charge in [0.2, 0.25) is 5.91 Å². The van der Waals surface area contributed by atoms with Crippen molar-refractivity contribution in [2.45, 2.75) is 21.1 Å². The number of nitrogens with zero attached hydrogens (tertiary/aromatic N) is 2. The Kier molecular flexibility index (Phi) is 6.69. The quantitative estimate of drug-likeness (QED) is 0.445. The number of anilines is 3. The van der Waals surface area contributed by atoms with Gasteiger partial charge in [-0.3, -0.25) is 9.69 Å². The average Bonchev–Trinajstić information content (AvgIpc) is 2.87. The number of allylic oxidation sites excluding steroid dienone is 2. The molecule has 2 unspecified atom stereocenters. The molecule has 2 atom stereocenters. The van der Waals surface area contributed by atoms with E-state index in [1.54, 1.807) is 30.1 Å². The van der Waals surface area contributed by atoms with Gasteiger partial charge in [0.15, 0.2) is 0 Å². The van der Waals surface area contributed by atoms with E-state index in [2.05, 4.69) is 33.8 Å². The number of aromatic nitrogens is 1. The average molecular weight is 487 g/mol. The van der Waals surface area contributed by atoms with Crippen molar-refractivity contribution in [2.24, 2.45) is 0 Å². The van der Waals surface area contributed by atoms with Gasteiger partial charge in [-0.25, -0.2) is 9.78 Å². The molecule has 6 nitrogen and oxygen atoms in total. The van der Waals surface area contributed by atoms with Gasteiger partial charge < -0.3 is 10.6 Å². The summed E-state index contributed by atoms with van der Waals surface area (Å²) in [5, 5.41) is 6.00. The second-order valence-corrected chi connectivity index (χ2v) is 9.96. The Morgan fingerprint density at radius 3 is 2.71 bits per heavy atom. The monoisotopic (exact) mass is 486 g/mol. The van der Waals surface area contributed by atoms with Gasteiger partial charge in [-0.1, -0.05) is 48.6 Å². The first-order valence-electron chi connectivity index (χ1n) is 10.8. The molecule has 170 valence electrons. The highest BCUT2D eigenvalue weighted by molar-refractivity contribution is 8.00. The summed E-state index contributed by atoms with van der Waals surface area (Å²) in [6.45, 7) is 0. The third-order valence-electron chi connectivity index (χ3n) is 5.35. The molecule has 5 rings (SSSR count). The molecule has 1 aromatic heterocycles. The van der Waals surface area contributed by atoms with E-state index in [0.29, 0.717) is 11.5 Å². The number of hydrogen-bond acceptors (Lipinski definition) is 5. The number of urea groups is 1. The van der Waals surface area contributed by atoms with Crippen LogP contribution in [0.3, 0.4) is 0 Å². The fraction of sp³-hybridized carbons (Fsp3) is 0.115. The summed E-state index contributed by atoms with van der Waals surface area (Å²) >= 11 is 3.18. The molecule has 0 spiro atoms. The fourth-order valence-electron chi connectivity index (χ4n) is 3.84. The van der Waals surface area contributed by atoms with Gasteiger partial charge >= 0.3 is 6.03 Å². The van der Waals surface area contributed by atoms with E-state index in [-0.39, 0.29) is 29.0 Å². The Morgan fingerprint density at radius 1 is 0.971 bits per heavy atom. The number of para-hydroxylation sites is 1. The lowest BCUT2D eigenvalue weighted by atomic mass is 10.1. The molecule has 1 aliphatic heterocycles. The number of hydrogen-bond donors (Lipinski definition) is 2. The van der Waals surface area contributed by atoms with Gasteiger partial charge in [0.05, 0.1) is 22.7 Å². The van der Waals surface area contributed by atoms with Crippen LogP contribution >= 0.6 is 23.5 Å². The Morgan fingerprint density at radius 2 is 1.82 bits per heavy atom. The molecule has 3 amide bonds. The predicted octanol–water partition coefficient (Wildman–Crippen LogP) is 5.82.